The summed E-state index contributed by atoms with van der Waals surface area (Å²) in [4.78, 5) is 13.4. The zero-order chi connectivity index (χ0) is 14.3. The number of hydrogen-bond donors (Lipinski definition) is 1. The Bertz CT molecular complexity index is 660. The number of rotatable bonds is 3. The van der Waals surface area contributed by atoms with Crippen LogP contribution >= 0.6 is 0 Å². The largest absolute Gasteiger partial charge is 0.464 e. The predicted molar refractivity (Wildman–Crippen MR) is 77.7 cm³/mol. The molecular weight excluding hydrogens is 252 g/mol. The molecule has 2 heterocycles. The van der Waals surface area contributed by atoms with Crippen molar-refractivity contribution in [2.75, 3.05) is 11.9 Å². The molecule has 0 bridgehead atoms. The predicted octanol–water partition coefficient (Wildman–Crippen LogP) is 2.41. The Morgan fingerprint density at radius 1 is 1.35 bits per heavy atom. The number of likely N-dealkylation sites (N-methyl/N-ethyl adjacent to an activating group) is 1. The minimum Gasteiger partial charge on any atom is -0.464 e. The molecule has 1 amide bonds. The Hall–Kier alpha value is -2.07. The third-order valence-electron chi connectivity index (χ3n) is 3.88. The minimum atomic E-state index is -0.290. The van der Waals surface area contributed by atoms with Crippen LogP contribution < -0.4 is 10.6 Å². The van der Waals surface area contributed by atoms with Crippen molar-refractivity contribution in [1.82, 2.24) is 0 Å². The van der Waals surface area contributed by atoms with Gasteiger partial charge in [0.05, 0.1) is 12.5 Å². The van der Waals surface area contributed by atoms with Crippen LogP contribution in [0.5, 0.6) is 0 Å². The summed E-state index contributed by atoms with van der Waals surface area (Å²) in [5, 5.41) is 0. The van der Waals surface area contributed by atoms with E-state index in [0.717, 1.165) is 34.8 Å². The average molecular weight is 270 g/mol. The molecule has 1 unspecified atom stereocenters. The molecule has 104 valence electrons. The molecule has 4 nitrogen and oxygen atoms in total. The van der Waals surface area contributed by atoms with Crippen LogP contribution in [0.1, 0.15) is 35.6 Å². The molecule has 0 radical (unpaired) electrons. The lowest BCUT2D eigenvalue weighted by atomic mass is 10.0. The molecule has 1 atom stereocenters. The highest BCUT2D eigenvalue weighted by Gasteiger charge is 2.25. The monoisotopic (exact) mass is 270 g/mol. The molecule has 0 spiro atoms. The van der Waals surface area contributed by atoms with Gasteiger partial charge < -0.3 is 15.1 Å². The number of anilines is 1. The normalized spacial score (nSPS) is 15.6. The van der Waals surface area contributed by atoms with Crippen LogP contribution in [-0.2, 0) is 17.6 Å². The topological polar surface area (TPSA) is 59.5 Å². The van der Waals surface area contributed by atoms with Crippen molar-refractivity contribution in [2.24, 2.45) is 5.73 Å². The molecule has 1 aromatic carbocycles. The average Bonchev–Trinajstić information content (AvgIpc) is 3.04. The van der Waals surface area contributed by atoms with Gasteiger partial charge in [-0.3, -0.25) is 4.79 Å². The van der Waals surface area contributed by atoms with Crippen molar-refractivity contribution in [3.63, 3.8) is 0 Å². The van der Waals surface area contributed by atoms with E-state index in [1.807, 2.05) is 37.3 Å². The quantitative estimate of drug-likeness (QED) is 0.931. The van der Waals surface area contributed by atoms with E-state index in [9.17, 15) is 4.79 Å². The fourth-order valence-corrected chi connectivity index (χ4v) is 2.60. The maximum atomic E-state index is 11.7. The molecule has 4 heteroatoms. The van der Waals surface area contributed by atoms with Gasteiger partial charge in [-0.1, -0.05) is 19.1 Å². The molecule has 3 rings (SSSR count). The molecule has 2 aromatic rings. The first-order chi connectivity index (χ1) is 9.60. The zero-order valence-corrected chi connectivity index (χ0v) is 11.7. The Morgan fingerprint density at radius 2 is 2.15 bits per heavy atom. The molecule has 1 aromatic heterocycles. The summed E-state index contributed by atoms with van der Waals surface area (Å²) in [6.45, 7) is 2.05. The van der Waals surface area contributed by atoms with Crippen LogP contribution in [0.3, 0.4) is 0 Å². The molecule has 0 saturated carbocycles. The van der Waals surface area contributed by atoms with Crippen molar-refractivity contribution in [3.05, 3.63) is 53.0 Å². The van der Waals surface area contributed by atoms with Gasteiger partial charge in [-0.25, -0.2) is 0 Å². The number of aryl methyl sites for hydroxylation is 1. The highest BCUT2D eigenvalue weighted by molar-refractivity contribution is 6.00. The number of fused-ring (bicyclic) bond motifs is 1. The van der Waals surface area contributed by atoms with Crippen molar-refractivity contribution >= 4 is 11.6 Å². The highest BCUT2D eigenvalue weighted by atomic mass is 16.3. The third-order valence-corrected chi connectivity index (χ3v) is 3.88. The molecule has 0 fully saturated rings. The minimum absolute atomic E-state index is 0.122. The highest BCUT2D eigenvalue weighted by Crippen LogP contribution is 2.31. The van der Waals surface area contributed by atoms with Gasteiger partial charge >= 0.3 is 0 Å². The summed E-state index contributed by atoms with van der Waals surface area (Å²) in [6.07, 6.45) is 1.31. The van der Waals surface area contributed by atoms with E-state index >= 15 is 0 Å². The van der Waals surface area contributed by atoms with Crippen LogP contribution in [0.15, 0.2) is 34.7 Å². The van der Waals surface area contributed by atoms with Crippen LogP contribution in [-0.4, -0.2) is 13.0 Å². The standard InChI is InChI=1S/C16H18N2O2/c1-3-12-5-7-14(20-12)16(17)10-4-6-13-11(8-10)9-15(19)18(13)2/h4-8,16H,3,9,17H2,1-2H3. The number of benzene rings is 1. The maximum Gasteiger partial charge on any atom is 0.231 e. The van der Waals surface area contributed by atoms with E-state index in [-0.39, 0.29) is 11.9 Å². The van der Waals surface area contributed by atoms with Gasteiger partial charge in [0.25, 0.3) is 0 Å². The lowest BCUT2D eigenvalue weighted by molar-refractivity contribution is -0.117. The number of carbonyl (C=O) groups excluding carboxylic acids is 1. The zero-order valence-electron chi connectivity index (χ0n) is 11.7. The number of nitrogens with zero attached hydrogens (tertiary/aromatic N) is 1. The third kappa shape index (κ3) is 2.02. The van der Waals surface area contributed by atoms with E-state index in [0.29, 0.717) is 6.42 Å². The van der Waals surface area contributed by atoms with Crippen molar-refractivity contribution < 1.29 is 9.21 Å². The second-order valence-electron chi connectivity index (χ2n) is 5.15. The summed E-state index contributed by atoms with van der Waals surface area (Å²) in [7, 11) is 1.80. The number of amides is 1. The van der Waals surface area contributed by atoms with Gasteiger partial charge in [0.1, 0.15) is 11.5 Å². The van der Waals surface area contributed by atoms with Crippen LogP contribution in [0.25, 0.3) is 0 Å². The Labute approximate surface area is 118 Å². The van der Waals surface area contributed by atoms with Crippen LogP contribution in [0, 0.1) is 0 Å². The summed E-state index contributed by atoms with van der Waals surface area (Å²) in [6, 6.07) is 9.52. The fourth-order valence-electron chi connectivity index (χ4n) is 2.60. The van der Waals surface area contributed by atoms with E-state index < -0.39 is 0 Å². The Morgan fingerprint density at radius 3 is 2.85 bits per heavy atom. The first-order valence-corrected chi connectivity index (χ1v) is 6.83. The molecule has 1 aliphatic heterocycles. The number of hydrogen-bond acceptors (Lipinski definition) is 3. The summed E-state index contributed by atoms with van der Waals surface area (Å²) in [5.41, 5.74) is 9.24. The molecule has 1 aliphatic rings. The SMILES string of the molecule is CCc1ccc(C(N)c2ccc3c(c2)CC(=O)N3C)o1. The summed E-state index contributed by atoms with van der Waals surface area (Å²) in [5.74, 6) is 1.82. The van der Waals surface area contributed by atoms with Crippen LogP contribution in [0.4, 0.5) is 5.69 Å². The summed E-state index contributed by atoms with van der Waals surface area (Å²) < 4.78 is 5.71. The van der Waals surface area contributed by atoms with Gasteiger partial charge in [0.15, 0.2) is 0 Å². The molecule has 0 saturated heterocycles. The maximum absolute atomic E-state index is 11.7. The molecule has 0 aliphatic carbocycles. The van der Waals surface area contributed by atoms with Gasteiger partial charge in [-0.05, 0) is 29.3 Å². The summed E-state index contributed by atoms with van der Waals surface area (Å²) >= 11 is 0. The van der Waals surface area contributed by atoms with E-state index in [2.05, 4.69) is 0 Å². The van der Waals surface area contributed by atoms with E-state index in [1.165, 1.54) is 0 Å². The number of furan rings is 1. The Balaban J connectivity index is 1.92. The van der Waals surface area contributed by atoms with Gasteiger partial charge in [0, 0.05) is 19.2 Å². The van der Waals surface area contributed by atoms with Gasteiger partial charge in [-0.2, -0.15) is 0 Å². The van der Waals surface area contributed by atoms with Crippen molar-refractivity contribution in [3.8, 4) is 0 Å². The van der Waals surface area contributed by atoms with Crippen molar-refractivity contribution in [1.29, 1.82) is 0 Å². The van der Waals surface area contributed by atoms with Crippen molar-refractivity contribution in [2.45, 2.75) is 25.8 Å². The second kappa shape index (κ2) is 4.80. The molecule has 20 heavy (non-hydrogen) atoms. The molecular formula is C16H18N2O2. The smallest absolute Gasteiger partial charge is 0.231 e. The van der Waals surface area contributed by atoms with Crippen LogP contribution in [0.2, 0.25) is 0 Å². The second-order valence-corrected chi connectivity index (χ2v) is 5.15. The van der Waals surface area contributed by atoms with Gasteiger partial charge in [0.2, 0.25) is 5.91 Å². The molecule has 2 N–H and O–H groups in total. The Kier molecular flexibility index (Phi) is 3.10. The van der Waals surface area contributed by atoms with E-state index in [1.54, 1.807) is 11.9 Å². The number of carbonyl (C=O) groups is 1. The first-order valence-electron chi connectivity index (χ1n) is 6.83. The lowest BCUT2D eigenvalue weighted by Crippen LogP contribution is -2.20. The lowest BCUT2D eigenvalue weighted by Gasteiger charge is -2.13. The first kappa shape index (κ1) is 12.9. The fraction of sp³-hybridized carbons (Fsp3) is 0.312. The van der Waals surface area contributed by atoms with E-state index in [4.69, 9.17) is 10.2 Å². The van der Waals surface area contributed by atoms with Gasteiger partial charge in [-0.15, -0.1) is 0 Å². The number of nitrogens with two attached hydrogens (primary N) is 1.